The molecule has 1 fully saturated rings. The third-order valence-electron chi connectivity index (χ3n) is 3.41. The van der Waals surface area contributed by atoms with E-state index in [1.54, 1.807) is 11.3 Å². The van der Waals surface area contributed by atoms with E-state index in [2.05, 4.69) is 37.5 Å². The monoisotopic (exact) mass is 252 g/mol. The summed E-state index contributed by atoms with van der Waals surface area (Å²) in [5.41, 5.74) is 6.56. The molecule has 4 heteroatoms. The molecule has 0 unspecified atom stereocenters. The maximum Gasteiger partial charge on any atom is 0.240 e. The molecule has 0 bridgehead atoms. The summed E-state index contributed by atoms with van der Waals surface area (Å²) >= 11 is 1.75. The molecule has 2 rings (SSSR count). The Hall–Kier alpha value is -0.870. The summed E-state index contributed by atoms with van der Waals surface area (Å²) < 4.78 is 0. The molecule has 0 spiro atoms. The van der Waals surface area contributed by atoms with Crippen LogP contribution >= 0.6 is 11.3 Å². The summed E-state index contributed by atoms with van der Waals surface area (Å²) in [6.45, 7) is 7.07. The Kier molecular flexibility index (Phi) is 3.04. The Morgan fingerprint density at radius 2 is 2.24 bits per heavy atom. The van der Waals surface area contributed by atoms with Crippen LogP contribution in [0.4, 0.5) is 0 Å². The van der Waals surface area contributed by atoms with Crippen LogP contribution in [0.2, 0.25) is 0 Å². The maximum atomic E-state index is 11.8. The van der Waals surface area contributed by atoms with Crippen molar-refractivity contribution in [1.82, 2.24) is 5.32 Å². The molecule has 94 valence electrons. The van der Waals surface area contributed by atoms with Crippen LogP contribution in [0.1, 0.15) is 37.1 Å². The van der Waals surface area contributed by atoms with Gasteiger partial charge in [-0.1, -0.05) is 13.8 Å². The zero-order valence-corrected chi connectivity index (χ0v) is 11.5. The molecule has 0 aliphatic heterocycles. The molecule has 17 heavy (non-hydrogen) atoms. The SMILES string of the molecule is Cc1ccsc1C(C)(C)CNC(=O)C1(N)CC1. The zero-order chi connectivity index (χ0) is 12.7. The average molecular weight is 252 g/mol. The summed E-state index contributed by atoms with van der Waals surface area (Å²) in [6, 6.07) is 2.12. The molecule has 1 aromatic heterocycles. The van der Waals surface area contributed by atoms with Gasteiger partial charge in [0, 0.05) is 16.8 Å². The van der Waals surface area contributed by atoms with Crippen molar-refractivity contribution in [2.75, 3.05) is 6.54 Å². The van der Waals surface area contributed by atoms with Crippen molar-refractivity contribution in [2.24, 2.45) is 5.73 Å². The van der Waals surface area contributed by atoms with E-state index < -0.39 is 5.54 Å². The lowest BCUT2D eigenvalue weighted by Gasteiger charge is -2.25. The predicted molar refractivity (Wildman–Crippen MR) is 71.2 cm³/mol. The fraction of sp³-hybridized carbons (Fsp3) is 0.615. The lowest BCUT2D eigenvalue weighted by atomic mass is 9.89. The molecule has 3 N–H and O–H groups in total. The van der Waals surface area contributed by atoms with E-state index in [1.807, 2.05) is 0 Å². The molecule has 0 saturated heterocycles. The third-order valence-corrected chi connectivity index (χ3v) is 4.79. The number of nitrogens with two attached hydrogens (primary N) is 1. The van der Waals surface area contributed by atoms with Gasteiger partial charge in [-0.25, -0.2) is 0 Å². The first-order valence-corrected chi connectivity index (χ1v) is 6.85. The van der Waals surface area contributed by atoms with Crippen molar-refractivity contribution in [1.29, 1.82) is 0 Å². The zero-order valence-electron chi connectivity index (χ0n) is 10.7. The lowest BCUT2D eigenvalue weighted by Crippen LogP contribution is -2.46. The van der Waals surface area contributed by atoms with Gasteiger partial charge in [0.05, 0.1) is 5.54 Å². The summed E-state index contributed by atoms with van der Waals surface area (Å²) in [6.07, 6.45) is 1.63. The number of carbonyl (C=O) groups is 1. The second-order valence-electron chi connectivity index (χ2n) is 5.66. The van der Waals surface area contributed by atoms with Gasteiger partial charge >= 0.3 is 0 Å². The molecule has 1 aliphatic carbocycles. The molecule has 1 aliphatic rings. The van der Waals surface area contributed by atoms with Gasteiger partial charge < -0.3 is 11.1 Å². The Morgan fingerprint density at radius 3 is 2.71 bits per heavy atom. The van der Waals surface area contributed by atoms with Crippen LogP contribution in [0.3, 0.4) is 0 Å². The molecule has 1 heterocycles. The fourth-order valence-electron chi connectivity index (χ4n) is 1.99. The average Bonchev–Trinajstić information content (AvgIpc) is 2.85. The number of amides is 1. The second kappa shape index (κ2) is 4.10. The summed E-state index contributed by atoms with van der Waals surface area (Å²) in [4.78, 5) is 13.1. The van der Waals surface area contributed by atoms with E-state index in [0.717, 1.165) is 12.8 Å². The van der Waals surface area contributed by atoms with Crippen molar-refractivity contribution < 1.29 is 4.79 Å². The van der Waals surface area contributed by atoms with Crippen molar-refractivity contribution in [3.05, 3.63) is 21.9 Å². The van der Waals surface area contributed by atoms with Crippen LogP contribution in [-0.4, -0.2) is 18.0 Å². The van der Waals surface area contributed by atoms with Gasteiger partial charge in [-0.3, -0.25) is 4.79 Å². The highest BCUT2D eigenvalue weighted by Crippen LogP contribution is 2.33. The van der Waals surface area contributed by atoms with Crippen LogP contribution in [0.25, 0.3) is 0 Å². The minimum atomic E-state index is -0.569. The van der Waals surface area contributed by atoms with Crippen LogP contribution < -0.4 is 11.1 Å². The van der Waals surface area contributed by atoms with Crippen LogP contribution in [-0.2, 0) is 10.2 Å². The molecular formula is C13H20N2OS. The summed E-state index contributed by atoms with van der Waals surface area (Å²) in [7, 11) is 0. The molecule has 1 aromatic rings. The van der Waals surface area contributed by atoms with Gasteiger partial charge in [0.25, 0.3) is 0 Å². The molecule has 3 nitrogen and oxygen atoms in total. The number of rotatable bonds is 4. The van der Waals surface area contributed by atoms with Gasteiger partial charge in [-0.05, 0) is 36.8 Å². The van der Waals surface area contributed by atoms with Crippen LogP contribution in [0.15, 0.2) is 11.4 Å². The Bertz CT molecular complexity index is 432. The Balaban J connectivity index is 1.98. The summed E-state index contributed by atoms with van der Waals surface area (Å²) in [5, 5.41) is 5.08. The minimum absolute atomic E-state index is 0.000200. The minimum Gasteiger partial charge on any atom is -0.354 e. The first kappa shape index (κ1) is 12.6. The van der Waals surface area contributed by atoms with Crippen LogP contribution in [0.5, 0.6) is 0 Å². The highest BCUT2D eigenvalue weighted by atomic mass is 32.1. The number of thiophene rings is 1. The van der Waals surface area contributed by atoms with Gasteiger partial charge in [-0.2, -0.15) is 0 Å². The Labute approximate surface area is 106 Å². The molecule has 1 saturated carbocycles. The Morgan fingerprint density at radius 1 is 1.59 bits per heavy atom. The summed E-state index contributed by atoms with van der Waals surface area (Å²) in [5.74, 6) is -0.000200. The number of hydrogen-bond acceptors (Lipinski definition) is 3. The van der Waals surface area contributed by atoms with Gasteiger partial charge in [0.2, 0.25) is 5.91 Å². The van der Waals surface area contributed by atoms with Gasteiger partial charge in [0.15, 0.2) is 0 Å². The van der Waals surface area contributed by atoms with E-state index in [-0.39, 0.29) is 11.3 Å². The van der Waals surface area contributed by atoms with E-state index in [1.165, 1.54) is 10.4 Å². The van der Waals surface area contributed by atoms with Crippen molar-refractivity contribution in [3.63, 3.8) is 0 Å². The molecule has 0 radical (unpaired) electrons. The van der Waals surface area contributed by atoms with Crippen molar-refractivity contribution in [3.8, 4) is 0 Å². The van der Waals surface area contributed by atoms with Gasteiger partial charge in [-0.15, -0.1) is 11.3 Å². The first-order valence-electron chi connectivity index (χ1n) is 5.97. The highest BCUT2D eigenvalue weighted by molar-refractivity contribution is 7.10. The van der Waals surface area contributed by atoms with E-state index in [9.17, 15) is 4.79 Å². The number of nitrogens with one attached hydrogen (secondary N) is 1. The number of aryl methyl sites for hydroxylation is 1. The van der Waals surface area contributed by atoms with E-state index >= 15 is 0 Å². The molecule has 0 atom stereocenters. The largest absolute Gasteiger partial charge is 0.354 e. The predicted octanol–water partition coefficient (Wildman–Crippen LogP) is 1.94. The number of hydrogen-bond donors (Lipinski definition) is 2. The second-order valence-corrected chi connectivity index (χ2v) is 6.57. The highest BCUT2D eigenvalue weighted by Gasteiger charge is 2.46. The van der Waals surface area contributed by atoms with Crippen molar-refractivity contribution >= 4 is 17.2 Å². The molecule has 0 aromatic carbocycles. The van der Waals surface area contributed by atoms with Gasteiger partial charge in [0.1, 0.15) is 0 Å². The van der Waals surface area contributed by atoms with E-state index in [0.29, 0.717) is 6.54 Å². The van der Waals surface area contributed by atoms with Crippen LogP contribution in [0, 0.1) is 6.92 Å². The van der Waals surface area contributed by atoms with E-state index in [4.69, 9.17) is 5.73 Å². The lowest BCUT2D eigenvalue weighted by molar-refractivity contribution is -0.123. The fourth-order valence-corrected chi connectivity index (χ4v) is 3.04. The third kappa shape index (κ3) is 2.53. The number of carbonyl (C=O) groups excluding carboxylic acids is 1. The topological polar surface area (TPSA) is 55.1 Å². The standard InChI is InChI=1S/C13H20N2OS/c1-9-4-7-17-10(9)12(2,3)8-15-11(16)13(14)5-6-13/h4,7H,5-6,8,14H2,1-3H3,(H,15,16). The maximum absolute atomic E-state index is 11.8. The quantitative estimate of drug-likeness (QED) is 0.860. The smallest absolute Gasteiger partial charge is 0.240 e. The normalized spacial score (nSPS) is 17.9. The molecule has 1 amide bonds. The first-order chi connectivity index (χ1) is 7.85. The van der Waals surface area contributed by atoms with Crippen molar-refractivity contribution in [2.45, 2.75) is 44.6 Å². The molecular weight excluding hydrogens is 232 g/mol.